The van der Waals surface area contributed by atoms with Crippen molar-refractivity contribution in [3.63, 3.8) is 0 Å². The molecule has 1 rings (SSSR count). The van der Waals surface area contributed by atoms with Crippen LogP contribution in [0.5, 0.6) is 0 Å². The second-order valence-corrected chi connectivity index (χ2v) is 11.5. The number of unbranched alkanes of at least 4 members (excludes halogenated alkanes) is 18. The van der Waals surface area contributed by atoms with Gasteiger partial charge in [0, 0.05) is 5.54 Å². The first-order valence-corrected chi connectivity index (χ1v) is 15.4. The van der Waals surface area contributed by atoms with Crippen LogP contribution in [0.25, 0.3) is 0 Å². The third-order valence-corrected chi connectivity index (χ3v) is 7.55. The van der Waals surface area contributed by atoms with Crippen LogP contribution < -0.4 is 5.73 Å². The molecule has 0 bridgehead atoms. The quantitative estimate of drug-likeness (QED) is 0.158. The molecule has 0 spiro atoms. The summed E-state index contributed by atoms with van der Waals surface area (Å²) in [4.78, 5) is 0. The van der Waals surface area contributed by atoms with Gasteiger partial charge in [0.2, 0.25) is 0 Å². The lowest BCUT2D eigenvalue weighted by molar-refractivity contribution is 0.534. The SMILES string of the molecule is CCCCCCCCCCCCc1cccc(C(C)(C)N)c1CCCCCCCCCCCC. The van der Waals surface area contributed by atoms with Crippen LogP contribution in [0.15, 0.2) is 18.2 Å². The molecule has 0 unspecified atom stereocenters. The molecular formula is C33H61N. The molecule has 0 saturated heterocycles. The molecule has 2 N–H and O–H groups in total. The van der Waals surface area contributed by atoms with Gasteiger partial charge in [-0.3, -0.25) is 0 Å². The van der Waals surface area contributed by atoms with E-state index < -0.39 is 0 Å². The Kier molecular flexibility index (Phi) is 18.7. The molecule has 0 aromatic heterocycles. The van der Waals surface area contributed by atoms with Gasteiger partial charge in [0.25, 0.3) is 0 Å². The van der Waals surface area contributed by atoms with E-state index in [0.717, 1.165) is 0 Å². The van der Waals surface area contributed by atoms with E-state index in [-0.39, 0.29) is 5.54 Å². The normalized spacial score (nSPS) is 11.9. The van der Waals surface area contributed by atoms with Crippen LogP contribution >= 0.6 is 0 Å². The molecule has 0 aliphatic carbocycles. The van der Waals surface area contributed by atoms with E-state index in [4.69, 9.17) is 5.73 Å². The molecule has 0 aliphatic heterocycles. The van der Waals surface area contributed by atoms with Gasteiger partial charge in [0.15, 0.2) is 0 Å². The Morgan fingerprint density at radius 2 is 0.912 bits per heavy atom. The molecule has 0 aliphatic rings. The number of hydrogen-bond acceptors (Lipinski definition) is 1. The zero-order valence-corrected chi connectivity index (χ0v) is 23.9. The van der Waals surface area contributed by atoms with E-state index in [2.05, 4.69) is 45.9 Å². The molecule has 1 heteroatoms. The standard InChI is InChI=1S/C33H61N/c1-5-7-9-11-13-15-17-19-21-23-26-30-27-25-29-32(33(3,4)34)31(30)28-24-22-20-18-16-14-12-10-8-6-2/h25,27,29H,5-24,26,28,34H2,1-4H3. The van der Waals surface area contributed by atoms with E-state index in [9.17, 15) is 0 Å². The van der Waals surface area contributed by atoms with Gasteiger partial charge in [-0.05, 0) is 56.2 Å². The van der Waals surface area contributed by atoms with E-state index in [1.807, 2.05) is 0 Å². The first-order valence-electron chi connectivity index (χ1n) is 15.4. The van der Waals surface area contributed by atoms with Crippen molar-refractivity contribution in [3.05, 3.63) is 34.9 Å². The Bertz CT molecular complexity index is 583. The largest absolute Gasteiger partial charge is 0.322 e. The van der Waals surface area contributed by atoms with Crippen molar-refractivity contribution >= 4 is 0 Å². The number of nitrogens with two attached hydrogens (primary N) is 1. The van der Waals surface area contributed by atoms with Crippen molar-refractivity contribution < 1.29 is 0 Å². The Morgan fingerprint density at radius 3 is 1.32 bits per heavy atom. The highest BCUT2D eigenvalue weighted by Crippen LogP contribution is 2.28. The van der Waals surface area contributed by atoms with Gasteiger partial charge in [0.1, 0.15) is 0 Å². The highest BCUT2D eigenvalue weighted by molar-refractivity contribution is 5.39. The highest BCUT2D eigenvalue weighted by Gasteiger charge is 2.20. The van der Waals surface area contributed by atoms with Gasteiger partial charge in [-0.2, -0.15) is 0 Å². The smallest absolute Gasteiger partial charge is 0.0355 e. The first-order chi connectivity index (χ1) is 16.5. The van der Waals surface area contributed by atoms with Gasteiger partial charge in [-0.1, -0.05) is 148 Å². The maximum Gasteiger partial charge on any atom is 0.0355 e. The fraction of sp³-hybridized carbons (Fsp3) is 0.818. The molecular weight excluding hydrogens is 410 g/mol. The molecule has 0 saturated carbocycles. The average Bonchev–Trinajstić information content (AvgIpc) is 2.81. The van der Waals surface area contributed by atoms with Crippen molar-refractivity contribution in [1.29, 1.82) is 0 Å². The zero-order valence-electron chi connectivity index (χ0n) is 23.9. The average molecular weight is 472 g/mol. The van der Waals surface area contributed by atoms with Crippen LogP contribution in [-0.4, -0.2) is 0 Å². The molecule has 0 amide bonds. The summed E-state index contributed by atoms with van der Waals surface area (Å²) in [6.07, 6.45) is 30.5. The summed E-state index contributed by atoms with van der Waals surface area (Å²) in [5, 5.41) is 0. The van der Waals surface area contributed by atoms with Gasteiger partial charge < -0.3 is 5.73 Å². The molecule has 1 aromatic rings. The van der Waals surface area contributed by atoms with Crippen molar-refractivity contribution in [2.24, 2.45) is 5.73 Å². The third kappa shape index (κ3) is 15.2. The Labute approximate surface area is 215 Å². The van der Waals surface area contributed by atoms with Crippen LogP contribution in [0.3, 0.4) is 0 Å². The molecule has 1 aromatic carbocycles. The predicted octanol–water partition coefficient (Wildman–Crippen LogP) is 10.8. The molecule has 1 nitrogen and oxygen atoms in total. The van der Waals surface area contributed by atoms with Crippen LogP contribution in [0.1, 0.15) is 173 Å². The molecule has 198 valence electrons. The minimum absolute atomic E-state index is 0.248. The van der Waals surface area contributed by atoms with Crippen LogP contribution in [0, 0.1) is 0 Å². The van der Waals surface area contributed by atoms with E-state index in [1.165, 1.54) is 147 Å². The molecule has 34 heavy (non-hydrogen) atoms. The summed E-state index contributed by atoms with van der Waals surface area (Å²) in [5.41, 5.74) is 10.9. The minimum atomic E-state index is -0.248. The summed E-state index contributed by atoms with van der Waals surface area (Å²) in [7, 11) is 0. The number of rotatable bonds is 23. The Morgan fingerprint density at radius 1 is 0.529 bits per heavy atom. The summed E-state index contributed by atoms with van der Waals surface area (Å²) >= 11 is 0. The van der Waals surface area contributed by atoms with Crippen LogP contribution in [0.4, 0.5) is 0 Å². The summed E-state index contributed by atoms with van der Waals surface area (Å²) in [5.74, 6) is 0. The minimum Gasteiger partial charge on any atom is -0.322 e. The van der Waals surface area contributed by atoms with Crippen molar-refractivity contribution in [2.45, 2.75) is 174 Å². The van der Waals surface area contributed by atoms with Gasteiger partial charge in [-0.15, -0.1) is 0 Å². The first kappa shape index (κ1) is 31.2. The lowest BCUT2D eigenvalue weighted by Crippen LogP contribution is -2.30. The lowest BCUT2D eigenvalue weighted by Gasteiger charge is -2.25. The van der Waals surface area contributed by atoms with Crippen molar-refractivity contribution in [3.8, 4) is 0 Å². The molecule has 0 heterocycles. The van der Waals surface area contributed by atoms with Gasteiger partial charge >= 0.3 is 0 Å². The van der Waals surface area contributed by atoms with Crippen molar-refractivity contribution in [1.82, 2.24) is 0 Å². The number of hydrogen-bond donors (Lipinski definition) is 1. The van der Waals surface area contributed by atoms with Crippen LogP contribution in [0.2, 0.25) is 0 Å². The number of benzene rings is 1. The predicted molar refractivity (Wildman–Crippen MR) is 155 cm³/mol. The third-order valence-electron chi connectivity index (χ3n) is 7.55. The summed E-state index contributed by atoms with van der Waals surface area (Å²) in [6.45, 7) is 8.95. The van der Waals surface area contributed by atoms with Crippen LogP contribution in [-0.2, 0) is 18.4 Å². The Balaban J connectivity index is 2.36. The lowest BCUT2D eigenvalue weighted by atomic mass is 9.84. The summed E-state index contributed by atoms with van der Waals surface area (Å²) < 4.78 is 0. The molecule has 0 radical (unpaired) electrons. The second-order valence-electron chi connectivity index (χ2n) is 11.5. The monoisotopic (exact) mass is 471 g/mol. The van der Waals surface area contributed by atoms with E-state index >= 15 is 0 Å². The fourth-order valence-electron chi connectivity index (χ4n) is 5.36. The van der Waals surface area contributed by atoms with Crippen molar-refractivity contribution in [2.75, 3.05) is 0 Å². The van der Waals surface area contributed by atoms with Gasteiger partial charge in [0.05, 0.1) is 0 Å². The van der Waals surface area contributed by atoms with Gasteiger partial charge in [-0.25, -0.2) is 0 Å². The summed E-state index contributed by atoms with van der Waals surface area (Å²) in [6, 6.07) is 6.92. The zero-order chi connectivity index (χ0) is 24.9. The number of aryl methyl sites for hydroxylation is 1. The second kappa shape index (κ2) is 20.4. The van der Waals surface area contributed by atoms with E-state index in [0.29, 0.717) is 0 Å². The maximum absolute atomic E-state index is 6.60. The Hall–Kier alpha value is -0.820. The highest BCUT2D eigenvalue weighted by atomic mass is 14.7. The molecule has 0 fully saturated rings. The fourth-order valence-corrected chi connectivity index (χ4v) is 5.36. The maximum atomic E-state index is 6.60. The topological polar surface area (TPSA) is 26.0 Å². The van der Waals surface area contributed by atoms with E-state index in [1.54, 1.807) is 11.1 Å². The molecule has 0 atom stereocenters.